The van der Waals surface area contributed by atoms with Crippen molar-refractivity contribution in [1.82, 2.24) is 20.0 Å². The van der Waals surface area contributed by atoms with Gasteiger partial charge in [-0.1, -0.05) is 65.0 Å². The van der Waals surface area contributed by atoms with E-state index in [0.29, 0.717) is 6.04 Å². The highest BCUT2D eigenvalue weighted by Crippen LogP contribution is 2.22. The third-order valence-electron chi connectivity index (χ3n) is 8.65. The van der Waals surface area contributed by atoms with E-state index in [1.165, 1.54) is 44.1 Å². The number of hydrogen-bond donors (Lipinski definition) is 1. The van der Waals surface area contributed by atoms with Crippen molar-refractivity contribution >= 4 is 11.8 Å². The molecule has 3 rings (SSSR count). The molecule has 0 aromatic heterocycles. The quantitative estimate of drug-likeness (QED) is 0.227. The normalized spacial score (nSPS) is 20.3. The van der Waals surface area contributed by atoms with Gasteiger partial charge in [0.1, 0.15) is 5.84 Å². The highest BCUT2D eigenvalue weighted by molar-refractivity contribution is 5.98. The fraction of sp³-hybridized carbons (Fsp3) is 0.714. The van der Waals surface area contributed by atoms with Gasteiger partial charge in [0.25, 0.3) is 0 Å². The maximum Gasteiger partial charge on any atom is 0.227 e. The number of aliphatic imine (C=N–C) groups is 2. The summed E-state index contributed by atoms with van der Waals surface area (Å²) in [5.41, 5.74) is 3.41. The molecule has 228 valence electrons. The van der Waals surface area contributed by atoms with Gasteiger partial charge in [-0.2, -0.15) is 4.99 Å². The maximum atomic E-state index is 5.19. The van der Waals surface area contributed by atoms with Crippen LogP contribution in [-0.4, -0.2) is 85.4 Å². The number of guanidine groups is 1. The molecule has 0 aromatic carbocycles. The Labute approximate surface area is 252 Å². The summed E-state index contributed by atoms with van der Waals surface area (Å²) in [4.78, 5) is 17.7. The molecule has 0 bridgehead atoms. The lowest BCUT2D eigenvalue weighted by Crippen LogP contribution is -2.45. The Morgan fingerprint density at radius 3 is 2.46 bits per heavy atom. The lowest BCUT2D eigenvalue weighted by molar-refractivity contribution is 0.215. The number of hydrogen-bond acceptors (Lipinski definition) is 6. The van der Waals surface area contributed by atoms with Crippen molar-refractivity contribution in [2.24, 2.45) is 15.9 Å². The molecule has 6 heteroatoms. The van der Waals surface area contributed by atoms with Crippen molar-refractivity contribution in [2.75, 3.05) is 52.9 Å². The van der Waals surface area contributed by atoms with Crippen LogP contribution in [0.4, 0.5) is 0 Å². The Morgan fingerprint density at radius 1 is 1.05 bits per heavy atom. The summed E-state index contributed by atoms with van der Waals surface area (Å²) in [6.45, 7) is 19.0. The fourth-order valence-electron chi connectivity index (χ4n) is 5.71. The first-order valence-corrected chi connectivity index (χ1v) is 16.6. The third-order valence-corrected chi connectivity index (χ3v) is 8.65. The van der Waals surface area contributed by atoms with Gasteiger partial charge < -0.3 is 20.0 Å². The number of unbranched alkanes of at least 4 members (excludes halogenated alkanes) is 1. The van der Waals surface area contributed by atoms with Crippen molar-refractivity contribution in [3.63, 3.8) is 0 Å². The summed E-state index contributed by atoms with van der Waals surface area (Å²) < 4.78 is 0. The molecule has 3 aliphatic heterocycles. The zero-order valence-corrected chi connectivity index (χ0v) is 27.1. The van der Waals surface area contributed by atoms with Gasteiger partial charge in [-0.3, -0.25) is 0 Å². The molecule has 0 unspecified atom stereocenters. The van der Waals surface area contributed by atoms with E-state index in [1.54, 1.807) is 0 Å². The second kappa shape index (κ2) is 18.2. The number of nitrogens with zero attached hydrogens (tertiary/aromatic N) is 5. The van der Waals surface area contributed by atoms with Gasteiger partial charge in [0, 0.05) is 57.2 Å². The van der Waals surface area contributed by atoms with Crippen LogP contribution in [0.5, 0.6) is 0 Å². The lowest BCUT2D eigenvalue weighted by Gasteiger charge is -2.33. The number of nitrogens with one attached hydrogen (secondary N) is 1. The van der Waals surface area contributed by atoms with E-state index in [2.05, 4.69) is 91.8 Å². The van der Waals surface area contributed by atoms with Crippen LogP contribution in [0, 0.1) is 17.8 Å². The summed E-state index contributed by atoms with van der Waals surface area (Å²) in [6, 6.07) is 0.487. The van der Waals surface area contributed by atoms with Crippen LogP contribution in [0.15, 0.2) is 45.1 Å². The SMILES string of the molecule is CC/C=C(CC)\C(C#CCCN(C)CCCC)=C/C1=CCC(NC2CCN(CC)CC2)=NC(N2CCC(C)CC2)=N1. The van der Waals surface area contributed by atoms with Crippen molar-refractivity contribution < 1.29 is 0 Å². The number of allylic oxidation sites excluding steroid dienone is 4. The number of piperidine rings is 2. The number of likely N-dealkylation sites (tertiary alicyclic amines) is 2. The Bertz CT molecular complexity index is 1010. The molecule has 3 heterocycles. The molecule has 0 atom stereocenters. The van der Waals surface area contributed by atoms with E-state index >= 15 is 0 Å². The van der Waals surface area contributed by atoms with Crippen LogP contribution in [0.2, 0.25) is 0 Å². The summed E-state index contributed by atoms with van der Waals surface area (Å²) in [5.74, 6) is 9.74. The molecule has 0 amide bonds. The summed E-state index contributed by atoms with van der Waals surface area (Å²) in [6.07, 6.45) is 17.7. The number of rotatable bonds is 11. The summed E-state index contributed by atoms with van der Waals surface area (Å²) in [5, 5.41) is 3.82. The minimum Gasteiger partial charge on any atom is -0.370 e. The van der Waals surface area contributed by atoms with Crippen molar-refractivity contribution in [3.05, 3.63) is 35.1 Å². The van der Waals surface area contributed by atoms with Crippen LogP contribution in [0.1, 0.15) is 98.8 Å². The average Bonchev–Trinajstić information content (AvgIpc) is 3.19. The van der Waals surface area contributed by atoms with E-state index in [4.69, 9.17) is 9.98 Å². The van der Waals surface area contributed by atoms with Gasteiger partial charge in [0.05, 0.1) is 5.70 Å². The van der Waals surface area contributed by atoms with E-state index in [1.807, 2.05) is 0 Å². The first kappa shape index (κ1) is 33.1. The molecule has 1 N–H and O–H groups in total. The maximum absolute atomic E-state index is 5.19. The lowest BCUT2D eigenvalue weighted by atomic mass is 9.99. The van der Waals surface area contributed by atoms with Crippen molar-refractivity contribution in [2.45, 2.75) is 105 Å². The molecule has 2 saturated heterocycles. The first-order chi connectivity index (χ1) is 19.9. The third kappa shape index (κ3) is 11.4. The predicted octanol–water partition coefficient (Wildman–Crippen LogP) is 6.63. The van der Waals surface area contributed by atoms with E-state index in [0.717, 1.165) is 100 Å². The zero-order chi connectivity index (χ0) is 29.5. The molecule has 2 fully saturated rings. The van der Waals surface area contributed by atoms with Crippen LogP contribution >= 0.6 is 0 Å². The first-order valence-electron chi connectivity index (χ1n) is 16.6. The monoisotopic (exact) mass is 562 g/mol. The van der Waals surface area contributed by atoms with E-state index < -0.39 is 0 Å². The molecule has 0 aromatic rings. The average molecular weight is 563 g/mol. The standard InChI is InChI=1S/C35H58N6/c1-7-11-22-39(6)23-13-12-15-31(30(9-3)14-8-2)28-33-16-17-34(36-32-20-24-40(10-4)25-21-32)38-35(37-33)41-26-18-29(5)19-27-41/h14,16,28-29,32H,7-11,13,17-27H2,1-6H3,(H,36,37,38)/b30-14-,31-28-. The van der Waals surface area contributed by atoms with Gasteiger partial charge in [0.2, 0.25) is 5.96 Å². The van der Waals surface area contributed by atoms with Crippen LogP contribution in [0.25, 0.3) is 0 Å². The van der Waals surface area contributed by atoms with E-state index in [-0.39, 0.29) is 0 Å². The van der Waals surface area contributed by atoms with Crippen LogP contribution in [0.3, 0.4) is 0 Å². The molecule has 41 heavy (non-hydrogen) atoms. The van der Waals surface area contributed by atoms with Gasteiger partial charge in [-0.05, 0) is 82.6 Å². The molecule has 0 spiro atoms. The Kier molecular flexibility index (Phi) is 14.7. The van der Waals surface area contributed by atoms with Crippen LogP contribution < -0.4 is 5.32 Å². The smallest absolute Gasteiger partial charge is 0.227 e. The summed E-state index contributed by atoms with van der Waals surface area (Å²) >= 11 is 0. The fourth-order valence-corrected chi connectivity index (χ4v) is 5.71. The van der Waals surface area contributed by atoms with E-state index in [9.17, 15) is 0 Å². The summed E-state index contributed by atoms with van der Waals surface area (Å²) in [7, 11) is 2.20. The largest absolute Gasteiger partial charge is 0.370 e. The number of amidine groups is 1. The Morgan fingerprint density at radius 2 is 1.80 bits per heavy atom. The van der Waals surface area contributed by atoms with Crippen molar-refractivity contribution in [1.29, 1.82) is 0 Å². The molecule has 6 nitrogen and oxygen atoms in total. The molecule has 0 saturated carbocycles. The van der Waals surface area contributed by atoms with Crippen molar-refractivity contribution in [3.8, 4) is 11.8 Å². The molecular weight excluding hydrogens is 504 g/mol. The van der Waals surface area contributed by atoms with Crippen LogP contribution in [-0.2, 0) is 0 Å². The minimum absolute atomic E-state index is 0.487. The highest BCUT2D eigenvalue weighted by atomic mass is 15.3. The van der Waals surface area contributed by atoms with Gasteiger partial charge in [-0.15, -0.1) is 0 Å². The molecule has 0 aliphatic carbocycles. The molecule has 3 aliphatic rings. The minimum atomic E-state index is 0.487. The second-order valence-corrected chi connectivity index (χ2v) is 12.1. The Balaban J connectivity index is 1.84. The zero-order valence-electron chi connectivity index (χ0n) is 27.1. The second-order valence-electron chi connectivity index (χ2n) is 12.1. The molecule has 0 radical (unpaired) electrons. The van der Waals surface area contributed by atoms with Gasteiger partial charge in [0.15, 0.2) is 0 Å². The predicted molar refractivity (Wildman–Crippen MR) is 177 cm³/mol. The highest BCUT2D eigenvalue weighted by Gasteiger charge is 2.23. The topological polar surface area (TPSA) is 46.5 Å². The van der Waals surface area contributed by atoms with Gasteiger partial charge in [-0.25, -0.2) is 4.99 Å². The van der Waals surface area contributed by atoms with Gasteiger partial charge >= 0.3 is 0 Å². The Hall–Kier alpha value is -2.36. The molecular formula is C35H58N6.